The van der Waals surface area contributed by atoms with E-state index in [0.29, 0.717) is 5.41 Å². The van der Waals surface area contributed by atoms with E-state index < -0.39 is 0 Å². The molecule has 0 saturated carbocycles. The van der Waals surface area contributed by atoms with Crippen molar-refractivity contribution in [2.75, 3.05) is 32.8 Å². The normalized spacial score (nSPS) is 19.8. The van der Waals surface area contributed by atoms with Gasteiger partial charge in [-0.2, -0.15) is 0 Å². The van der Waals surface area contributed by atoms with Crippen molar-refractivity contribution in [3.05, 3.63) is 42.5 Å². The summed E-state index contributed by atoms with van der Waals surface area (Å²) in [4.78, 5) is 14.5. The molecule has 4 rings (SSSR count). The highest BCUT2D eigenvalue weighted by molar-refractivity contribution is 5.88. The molecule has 0 radical (unpaired) electrons. The second-order valence-electron chi connectivity index (χ2n) is 7.07. The van der Waals surface area contributed by atoms with Crippen LogP contribution in [0.5, 0.6) is 5.75 Å². The minimum Gasteiger partial charge on any atom is -0.483 e. The lowest BCUT2D eigenvalue weighted by atomic mass is 9.78. The maximum atomic E-state index is 12.5. The fourth-order valence-electron chi connectivity index (χ4n) is 4.01. The van der Waals surface area contributed by atoms with Crippen LogP contribution in [0.3, 0.4) is 0 Å². The molecule has 0 aliphatic carbocycles. The van der Waals surface area contributed by atoms with E-state index in [1.807, 2.05) is 35.2 Å². The lowest BCUT2D eigenvalue weighted by Crippen LogP contribution is -2.45. The third kappa shape index (κ3) is 2.98. The summed E-state index contributed by atoms with van der Waals surface area (Å²) in [6.07, 6.45) is 3.47. The van der Waals surface area contributed by atoms with Crippen LogP contribution in [0.2, 0.25) is 0 Å². The standard InChI is InChI=1S/C20H24N2O2/c23-19(22-12-9-20(10-13-22)8-11-21-15-20)14-24-18-7-3-5-16-4-1-2-6-17(16)18/h1-7,21H,8-15H2. The first kappa shape index (κ1) is 15.5. The Morgan fingerprint density at radius 1 is 1.08 bits per heavy atom. The smallest absolute Gasteiger partial charge is 0.260 e. The molecule has 4 nitrogen and oxygen atoms in total. The number of nitrogens with zero attached hydrogens (tertiary/aromatic N) is 1. The molecule has 0 atom stereocenters. The number of carbonyl (C=O) groups excluding carboxylic acids is 1. The summed E-state index contributed by atoms with van der Waals surface area (Å²) in [5.74, 6) is 0.888. The summed E-state index contributed by atoms with van der Waals surface area (Å²) in [5, 5.41) is 5.66. The maximum absolute atomic E-state index is 12.5. The Labute approximate surface area is 142 Å². The molecule has 2 aromatic rings. The van der Waals surface area contributed by atoms with Gasteiger partial charge in [0.1, 0.15) is 5.75 Å². The Balaban J connectivity index is 1.36. The van der Waals surface area contributed by atoms with Crippen molar-refractivity contribution in [1.82, 2.24) is 10.2 Å². The van der Waals surface area contributed by atoms with Crippen molar-refractivity contribution in [1.29, 1.82) is 0 Å². The number of likely N-dealkylation sites (tertiary alicyclic amines) is 1. The summed E-state index contributed by atoms with van der Waals surface area (Å²) in [7, 11) is 0. The largest absolute Gasteiger partial charge is 0.483 e. The number of amides is 1. The highest BCUT2D eigenvalue weighted by atomic mass is 16.5. The molecule has 1 spiro atoms. The van der Waals surface area contributed by atoms with Gasteiger partial charge in [0, 0.05) is 25.0 Å². The minimum atomic E-state index is 0.101. The van der Waals surface area contributed by atoms with Gasteiger partial charge in [0.25, 0.3) is 5.91 Å². The van der Waals surface area contributed by atoms with E-state index in [1.165, 1.54) is 6.42 Å². The molecule has 126 valence electrons. The van der Waals surface area contributed by atoms with Gasteiger partial charge in [0.05, 0.1) is 0 Å². The number of rotatable bonds is 3. The molecule has 2 aliphatic rings. The van der Waals surface area contributed by atoms with E-state index in [9.17, 15) is 4.79 Å². The summed E-state index contributed by atoms with van der Waals surface area (Å²) in [6.45, 7) is 4.08. The van der Waals surface area contributed by atoms with Gasteiger partial charge in [0.15, 0.2) is 6.61 Å². The Bertz CT molecular complexity index is 722. The van der Waals surface area contributed by atoms with Gasteiger partial charge in [-0.25, -0.2) is 0 Å². The maximum Gasteiger partial charge on any atom is 0.260 e. The third-order valence-corrected chi connectivity index (χ3v) is 5.61. The summed E-state index contributed by atoms with van der Waals surface area (Å²) >= 11 is 0. The number of hydrogen-bond acceptors (Lipinski definition) is 3. The first-order chi connectivity index (χ1) is 11.8. The first-order valence-corrected chi connectivity index (χ1v) is 8.85. The van der Waals surface area contributed by atoms with Crippen LogP contribution in [0.15, 0.2) is 42.5 Å². The second kappa shape index (κ2) is 6.44. The van der Waals surface area contributed by atoms with E-state index in [0.717, 1.165) is 55.5 Å². The van der Waals surface area contributed by atoms with Gasteiger partial charge in [-0.05, 0) is 42.7 Å². The highest BCUT2D eigenvalue weighted by Gasteiger charge is 2.38. The zero-order valence-electron chi connectivity index (χ0n) is 14.0. The van der Waals surface area contributed by atoms with Crippen molar-refractivity contribution >= 4 is 16.7 Å². The van der Waals surface area contributed by atoms with Crippen molar-refractivity contribution in [3.63, 3.8) is 0 Å². The molecule has 24 heavy (non-hydrogen) atoms. The number of carbonyl (C=O) groups is 1. The number of fused-ring (bicyclic) bond motifs is 1. The number of hydrogen-bond donors (Lipinski definition) is 1. The quantitative estimate of drug-likeness (QED) is 0.944. The average molecular weight is 324 g/mol. The summed E-state index contributed by atoms with van der Waals surface area (Å²) in [5.41, 5.74) is 0.438. The predicted molar refractivity (Wildman–Crippen MR) is 95.2 cm³/mol. The lowest BCUT2D eigenvalue weighted by molar-refractivity contribution is -0.135. The van der Waals surface area contributed by atoms with E-state index in [4.69, 9.17) is 4.74 Å². The molecule has 1 amide bonds. The molecule has 0 unspecified atom stereocenters. The van der Waals surface area contributed by atoms with Gasteiger partial charge in [0.2, 0.25) is 0 Å². The zero-order valence-corrected chi connectivity index (χ0v) is 14.0. The molecule has 2 aliphatic heterocycles. The highest BCUT2D eigenvalue weighted by Crippen LogP contribution is 2.36. The van der Waals surface area contributed by atoms with Crippen molar-refractivity contribution in [2.45, 2.75) is 19.3 Å². The van der Waals surface area contributed by atoms with Crippen LogP contribution in [-0.2, 0) is 4.79 Å². The Morgan fingerprint density at radius 3 is 2.67 bits per heavy atom. The van der Waals surface area contributed by atoms with Gasteiger partial charge < -0.3 is 15.0 Å². The second-order valence-corrected chi connectivity index (χ2v) is 7.07. The molecule has 0 bridgehead atoms. The molecular formula is C20H24N2O2. The number of nitrogens with one attached hydrogen (secondary N) is 1. The average Bonchev–Trinajstić information content (AvgIpc) is 3.08. The van der Waals surface area contributed by atoms with Crippen molar-refractivity contribution < 1.29 is 9.53 Å². The van der Waals surface area contributed by atoms with Crippen LogP contribution in [0.25, 0.3) is 10.8 Å². The van der Waals surface area contributed by atoms with Crippen LogP contribution >= 0.6 is 0 Å². The molecular weight excluding hydrogens is 300 g/mol. The topological polar surface area (TPSA) is 41.6 Å². The SMILES string of the molecule is O=C(COc1cccc2ccccc12)N1CCC2(CCNC2)CC1. The number of ether oxygens (including phenoxy) is 1. The van der Waals surface area contributed by atoms with Gasteiger partial charge in [-0.3, -0.25) is 4.79 Å². The molecule has 4 heteroatoms. The summed E-state index contributed by atoms with van der Waals surface area (Å²) < 4.78 is 5.85. The van der Waals surface area contributed by atoms with Crippen LogP contribution in [-0.4, -0.2) is 43.6 Å². The predicted octanol–water partition coefficient (Wildman–Crippen LogP) is 2.82. The van der Waals surface area contributed by atoms with E-state index >= 15 is 0 Å². The molecule has 2 heterocycles. The summed E-state index contributed by atoms with van der Waals surface area (Å²) in [6, 6.07) is 14.1. The molecule has 2 saturated heterocycles. The van der Waals surface area contributed by atoms with Crippen LogP contribution in [0, 0.1) is 5.41 Å². The van der Waals surface area contributed by atoms with Crippen LogP contribution in [0.1, 0.15) is 19.3 Å². The fraction of sp³-hybridized carbons (Fsp3) is 0.450. The first-order valence-electron chi connectivity index (χ1n) is 8.85. The molecule has 2 fully saturated rings. The molecule has 2 aromatic carbocycles. The number of piperidine rings is 1. The monoisotopic (exact) mass is 324 g/mol. The van der Waals surface area contributed by atoms with Gasteiger partial charge >= 0.3 is 0 Å². The molecule has 1 N–H and O–H groups in total. The lowest BCUT2D eigenvalue weighted by Gasteiger charge is -2.38. The third-order valence-electron chi connectivity index (χ3n) is 5.61. The van der Waals surface area contributed by atoms with Crippen molar-refractivity contribution in [2.24, 2.45) is 5.41 Å². The Hall–Kier alpha value is -2.07. The van der Waals surface area contributed by atoms with Crippen LogP contribution in [0.4, 0.5) is 0 Å². The van der Waals surface area contributed by atoms with Gasteiger partial charge in [-0.15, -0.1) is 0 Å². The van der Waals surface area contributed by atoms with E-state index in [2.05, 4.69) is 17.4 Å². The van der Waals surface area contributed by atoms with Crippen molar-refractivity contribution in [3.8, 4) is 5.75 Å². The van der Waals surface area contributed by atoms with Crippen LogP contribution < -0.4 is 10.1 Å². The van der Waals surface area contributed by atoms with Gasteiger partial charge in [-0.1, -0.05) is 36.4 Å². The molecule has 0 aromatic heterocycles. The Kier molecular flexibility index (Phi) is 4.15. The minimum absolute atomic E-state index is 0.101. The van der Waals surface area contributed by atoms with E-state index in [1.54, 1.807) is 0 Å². The zero-order chi connectivity index (χ0) is 16.4. The number of benzene rings is 2. The fourth-order valence-corrected chi connectivity index (χ4v) is 4.01. The van der Waals surface area contributed by atoms with E-state index in [-0.39, 0.29) is 12.5 Å². The Morgan fingerprint density at radius 2 is 1.88 bits per heavy atom.